The monoisotopic (exact) mass is 1140 g/mol. The van der Waals surface area contributed by atoms with Gasteiger partial charge in [-0.2, -0.15) is 0 Å². The lowest BCUT2D eigenvalue weighted by atomic mass is 10.0. The van der Waals surface area contributed by atoms with Gasteiger partial charge in [-0.25, -0.2) is 0 Å². The highest BCUT2D eigenvalue weighted by atomic mass is 31.2. The summed E-state index contributed by atoms with van der Waals surface area (Å²) < 4.78 is 23.4. The molecular weight excluding hydrogens is 1010 g/mol. The van der Waals surface area contributed by atoms with Crippen LogP contribution in [0, 0.1) is 0 Å². The fourth-order valence-electron chi connectivity index (χ4n) is 10.3. The number of quaternary nitrogens is 1. The summed E-state index contributed by atoms with van der Waals surface area (Å²) in [5.74, 6) is -0.203. The first-order chi connectivity index (χ1) is 39.0. The second-order valence-electron chi connectivity index (χ2n) is 24.9. The highest BCUT2D eigenvalue weighted by molar-refractivity contribution is 7.45. The van der Waals surface area contributed by atoms with Gasteiger partial charge in [-0.15, -0.1) is 0 Å². The van der Waals surface area contributed by atoms with E-state index in [1.54, 1.807) is 6.08 Å². The first-order valence-electron chi connectivity index (χ1n) is 34.7. The van der Waals surface area contributed by atoms with E-state index in [2.05, 4.69) is 67.8 Å². The third-order valence-electron chi connectivity index (χ3n) is 15.7. The van der Waals surface area contributed by atoms with Crippen molar-refractivity contribution in [2.75, 3.05) is 40.9 Å². The number of rotatable bonds is 64. The van der Waals surface area contributed by atoms with Gasteiger partial charge in [-0.05, 0) is 70.6 Å². The molecule has 0 aromatic heterocycles. The highest BCUT2D eigenvalue weighted by Crippen LogP contribution is 2.38. The Morgan fingerprint density at radius 3 is 1.10 bits per heavy atom. The lowest BCUT2D eigenvalue weighted by molar-refractivity contribution is -0.870. The Kier molecular flexibility index (Phi) is 60.4. The summed E-state index contributed by atoms with van der Waals surface area (Å²) in [6.07, 6.45) is 84.9. The number of aliphatic hydroxyl groups excluding tert-OH is 1. The zero-order valence-corrected chi connectivity index (χ0v) is 54.7. The molecule has 0 spiro atoms. The predicted molar refractivity (Wildman–Crippen MR) is 348 cm³/mol. The molecule has 470 valence electrons. The number of hydrogen-bond donors (Lipinski definition) is 2. The Bertz CT molecular complexity index is 1490. The molecule has 0 bridgehead atoms. The molecule has 1 amide bonds. The van der Waals surface area contributed by atoms with Crippen molar-refractivity contribution in [2.45, 2.75) is 347 Å². The summed E-state index contributed by atoms with van der Waals surface area (Å²) in [4.78, 5) is 25.6. The zero-order valence-electron chi connectivity index (χ0n) is 53.8. The van der Waals surface area contributed by atoms with Crippen LogP contribution in [0.25, 0.3) is 0 Å². The fourth-order valence-corrected chi connectivity index (χ4v) is 11.0. The lowest BCUT2D eigenvalue weighted by Crippen LogP contribution is -2.45. The number of hydrogen-bond acceptors (Lipinski definition) is 6. The van der Waals surface area contributed by atoms with Gasteiger partial charge in [0.15, 0.2) is 0 Å². The van der Waals surface area contributed by atoms with E-state index in [1.807, 2.05) is 27.2 Å². The summed E-state index contributed by atoms with van der Waals surface area (Å²) in [5.41, 5.74) is 0. The summed E-state index contributed by atoms with van der Waals surface area (Å²) in [6.45, 7) is 4.66. The molecule has 9 heteroatoms. The molecule has 0 aromatic rings. The van der Waals surface area contributed by atoms with Gasteiger partial charge in [0.1, 0.15) is 13.2 Å². The van der Waals surface area contributed by atoms with E-state index < -0.39 is 26.6 Å². The maximum absolute atomic E-state index is 13.0. The number of nitrogens with one attached hydrogen (secondary N) is 1. The number of phosphoric ester groups is 1. The van der Waals surface area contributed by atoms with Crippen molar-refractivity contribution < 1.29 is 32.9 Å². The van der Waals surface area contributed by atoms with Crippen molar-refractivity contribution in [1.82, 2.24) is 5.32 Å². The van der Waals surface area contributed by atoms with Gasteiger partial charge in [0, 0.05) is 6.42 Å². The van der Waals surface area contributed by atoms with Crippen LogP contribution in [0.3, 0.4) is 0 Å². The second kappa shape index (κ2) is 61.8. The Morgan fingerprint density at radius 1 is 0.438 bits per heavy atom. The number of carbonyl (C=O) groups excluding carboxylic acids is 1. The maximum Gasteiger partial charge on any atom is 0.268 e. The zero-order chi connectivity index (χ0) is 58.4. The normalized spacial score (nSPS) is 14.0. The molecule has 0 fully saturated rings. The van der Waals surface area contributed by atoms with Crippen LogP contribution in [0.1, 0.15) is 335 Å². The minimum Gasteiger partial charge on any atom is -0.756 e. The van der Waals surface area contributed by atoms with Crippen LogP contribution in [0.5, 0.6) is 0 Å². The van der Waals surface area contributed by atoms with Crippen molar-refractivity contribution in [1.29, 1.82) is 0 Å². The van der Waals surface area contributed by atoms with Crippen LogP contribution in [0.15, 0.2) is 60.8 Å². The number of amides is 1. The average molecular weight is 1140 g/mol. The number of allylic oxidation sites excluding steroid dienone is 9. The number of unbranched alkanes of at least 4 members (excludes halogenated alkanes) is 43. The van der Waals surface area contributed by atoms with Crippen LogP contribution in [0.4, 0.5) is 0 Å². The molecule has 3 unspecified atom stereocenters. The molecule has 0 aliphatic heterocycles. The molecule has 0 saturated carbocycles. The van der Waals surface area contributed by atoms with Crippen LogP contribution in [-0.2, 0) is 18.4 Å². The minimum atomic E-state index is -4.61. The van der Waals surface area contributed by atoms with E-state index in [4.69, 9.17) is 9.05 Å². The number of phosphoric acid groups is 1. The minimum absolute atomic E-state index is 0.00630. The number of nitrogens with zero attached hydrogens (tertiary/aromatic N) is 1. The molecule has 0 aromatic carbocycles. The van der Waals surface area contributed by atoms with Crippen molar-refractivity contribution in [3.05, 3.63) is 60.8 Å². The summed E-state index contributed by atoms with van der Waals surface area (Å²) >= 11 is 0. The Balaban J connectivity index is 4.09. The average Bonchev–Trinajstić information content (AvgIpc) is 3.42. The Labute approximate surface area is 498 Å². The summed E-state index contributed by atoms with van der Waals surface area (Å²) in [6, 6.07) is -0.906. The van der Waals surface area contributed by atoms with Gasteiger partial charge in [-0.3, -0.25) is 9.36 Å². The molecule has 0 radical (unpaired) electrons. The van der Waals surface area contributed by atoms with Gasteiger partial charge >= 0.3 is 0 Å². The molecule has 0 aliphatic rings. The van der Waals surface area contributed by atoms with Gasteiger partial charge in [0.2, 0.25) is 5.91 Å². The Hall–Kier alpha value is -1.80. The smallest absolute Gasteiger partial charge is 0.268 e. The van der Waals surface area contributed by atoms with Crippen LogP contribution < -0.4 is 10.2 Å². The molecular formula is C71H135N2O6P. The van der Waals surface area contributed by atoms with E-state index in [0.717, 1.165) is 51.4 Å². The van der Waals surface area contributed by atoms with E-state index in [9.17, 15) is 19.4 Å². The number of carbonyl (C=O) groups is 1. The fraction of sp³-hybridized carbons (Fsp3) is 0.845. The van der Waals surface area contributed by atoms with Gasteiger partial charge in [0.05, 0.1) is 39.9 Å². The van der Waals surface area contributed by atoms with E-state index in [0.29, 0.717) is 17.4 Å². The third kappa shape index (κ3) is 63.8. The molecule has 80 heavy (non-hydrogen) atoms. The maximum atomic E-state index is 13.0. The summed E-state index contributed by atoms with van der Waals surface area (Å²) in [5, 5.41) is 13.9. The van der Waals surface area contributed by atoms with Gasteiger partial charge in [-0.1, -0.05) is 319 Å². The molecule has 0 rings (SSSR count). The third-order valence-corrected chi connectivity index (χ3v) is 16.7. The molecule has 0 aliphatic carbocycles. The second-order valence-corrected chi connectivity index (χ2v) is 26.3. The molecule has 0 saturated heterocycles. The highest BCUT2D eigenvalue weighted by Gasteiger charge is 2.23. The summed E-state index contributed by atoms with van der Waals surface area (Å²) in [7, 11) is 1.25. The lowest BCUT2D eigenvalue weighted by Gasteiger charge is -2.29. The molecule has 8 nitrogen and oxygen atoms in total. The molecule has 2 N–H and O–H groups in total. The van der Waals surface area contributed by atoms with Crippen molar-refractivity contribution in [3.63, 3.8) is 0 Å². The van der Waals surface area contributed by atoms with Crippen molar-refractivity contribution >= 4 is 13.7 Å². The predicted octanol–water partition coefficient (Wildman–Crippen LogP) is 21.4. The molecule has 0 heterocycles. The van der Waals surface area contributed by atoms with E-state index in [1.165, 1.54) is 263 Å². The largest absolute Gasteiger partial charge is 0.756 e. The standard InChI is InChI=1S/C71H135N2O6P/c1-6-8-10-12-14-16-18-20-22-24-26-28-30-32-33-34-35-36-37-38-39-41-43-45-47-49-51-53-55-57-59-61-63-65-71(75)72-69(68-79-80(76,77)78-67-66-73(3,4)5)70(74)64-62-60-58-56-54-52-50-48-46-44-42-40-31-29-27-25-23-21-19-17-15-13-11-9-7-2/h18,20,24,26,30,32,54,56,62,64,69-70,74H,6-17,19,21-23,25,27-29,31,33-53,55,57-61,63,65-68H2,1-5H3,(H-,72,75,76,77)/b20-18-,26-24-,32-30-,56-54+,64-62+. The number of likely N-dealkylation sites (N-methyl/N-ethyl adjacent to an activating group) is 1. The first kappa shape index (κ1) is 78.2. The van der Waals surface area contributed by atoms with Crippen LogP contribution in [-0.4, -0.2) is 68.5 Å². The SMILES string of the molecule is CCCCCCC/C=C\C/C=C\C/C=C\CCCCCCCCCCCCCCCCCCCCC(=O)NC(COP(=O)([O-])OCC[N+](C)(C)C)C(O)/C=C/CC/C=C/CCCCCCCCCCCCCCCCCCCCC. The first-order valence-corrected chi connectivity index (χ1v) is 36.1. The van der Waals surface area contributed by atoms with Crippen molar-refractivity contribution in [3.8, 4) is 0 Å². The number of aliphatic hydroxyl groups is 1. The van der Waals surface area contributed by atoms with Gasteiger partial charge in [0.25, 0.3) is 7.82 Å². The van der Waals surface area contributed by atoms with Crippen molar-refractivity contribution in [2.24, 2.45) is 0 Å². The Morgan fingerprint density at radius 2 is 0.738 bits per heavy atom. The van der Waals surface area contributed by atoms with Crippen LogP contribution >= 0.6 is 7.82 Å². The van der Waals surface area contributed by atoms with Gasteiger partial charge < -0.3 is 28.8 Å². The van der Waals surface area contributed by atoms with E-state index in [-0.39, 0.29) is 12.5 Å². The van der Waals surface area contributed by atoms with E-state index >= 15 is 0 Å². The topological polar surface area (TPSA) is 108 Å². The molecule has 3 atom stereocenters. The quantitative estimate of drug-likeness (QED) is 0.0272. The van der Waals surface area contributed by atoms with Crippen LogP contribution in [0.2, 0.25) is 0 Å².